The van der Waals surface area contributed by atoms with Crippen molar-refractivity contribution < 1.29 is 4.74 Å². The van der Waals surface area contributed by atoms with Crippen molar-refractivity contribution in [2.24, 2.45) is 0 Å². The maximum Gasteiger partial charge on any atom is 0.119 e. The van der Waals surface area contributed by atoms with E-state index in [0.717, 1.165) is 30.7 Å². The molecule has 2 nitrogen and oxygen atoms in total. The van der Waals surface area contributed by atoms with E-state index in [1.807, 2.05) is 25.3 Å². The van der Waals surface area contributed by atoms with Crippen molar-refractivity contribution in [3.8, 4) is 16.9 Å². The molecule has 0 spiro atoms. The van der Waals surface area contributed by atoms with Gasteiger partial charge in [-0.1, -0.05) is 49.4 Å². The molecular weight excluding hydrogens is 306 g/mol. The maximum absolute atomic E-state index is 5.50. The Morgan fingerprint density at radius 2 is 1.36 bits per heavy atom. The minimum atomic E-state index is 0.698. The van der Waals surface area contributed by atoms with E-state index in [-0.39, 0.29) is 0 Å². The topological polar surface area (TPSA) is 22.1 Å². The zero-order valence-corrected chi connectivity index (χ0v) is 15.0. The van der Waals surface area contributed by atoms with Gasteiger partial charge in [-0.05, 0) is 66.6 Å². The molecule has 0 saturated carbocycles. The lowest BCUT2D eigenvalue weighted by Crippen LogP contribution is -1.95. The summed E-state index contributed by atoms with van der Waals surface area (Å²) in [5.74, 6) is 0.921. The fourth-order valence-corrected chi connectivity index (χ4v) is 2.86. The van der Waals surface area contributed by atoms with Crippen molar-refractivity contribution >= 4 is 0 Å². The number of aryl methyl sites for hydroxylation is 3. The third-order valence-electron chi connectivity index (χ3n) is 4.42. The Balaban J connectivity index is 1.61. The van der Waals surface area contributed by atoms with E-state index in [2.05, 4.69) is 60.4 Å². The molecule has 2 heteroatoms. The summed E-state index contributed by atoms with van der Waals surface area (Å²) in [6.07, 6.45) is 5.03. The van der Waals surface area contributed by atoms with E-state index in [9.17, 15) is 0 Å². The van der Waals surface area contributed by atoms with Gasteiger partial charge in [0.15, 0.2) is 0 Å². The molecule has 0 aliphatic rings. The highest BCUT2D eigenvalue weighted by Gasteiger charge is 2.01. The molecule has 3 aromatic rings. The molecular formula is C23H25NO. The largest absolute Gasteiger partial charge is 0.494 e. The zero-order valence-electron chi connectivity index (χ0n) is 15.0. The van der Waals surface area contributed by atoms with Crippen LogP contribution in [0.15, 0.2) is 66.9 Å². The predicted molar refractivity (Wildman–Crippen MR) is 104 cm³/mol. The van der Waals surface area contributed by atoms with Crippen LogP contribution >= 0.6 is 0 Å². The van der Waals surface area contributed by atoms with Crippen LogP contribution in [0.2, 0.25) is 0 Å². The lowest BCUT2D eigenvalue weighted by atomic mass is 10.0. The highest BCUT2D eigenvalue weighted by atomic mass is 16.5. The molecule has 1 aromatic heterocycles. The second-order valence-corrected chi connectivity index (χ2v) is 6.17. The number of benzene rings is 2. The number of rotatable bonds is 7. The molecule has 128 valence electrons. The summed E-state index contributed by atoms with van der Waals surface area (Å²) in [5.41, 5.74) is 6.25. The fraction of sp³-hybridized carbons (Fsp3) is 0.261. The molecule has 0 fully saturated rings. The minimum absolute atomic E-state index is 0.698. The molecule has 0 amide bonds. The molecule has 0 saturated heterocycles. The van der Waals surface area contributed by atoms with Crippen LogP contribution in [0.25, 0.3) is 11.1 Å². The first kappa shape index (κ1) is 17.2. The van der Waals surface area contributed by atoms with Crippen LogP contribution in [0.1, 0.15) is 30.7 Å². The van der Waals surface area contributed by atoms with Gasteiger partial charge >= 0.3 is 0 Å². The third-order valence-corrected chi connectivity index (χ3v) is 4.42. The standard InChI is InChI=1S/C23H25NO/c1-3-18-7-13-22(24-17-18)14-8-19-5-9-20(10-6-19)21-11-15-23(16-12-21)25-4-2/h5-7,9-13,15-17H,3-4,8,14H2,1-2H3. The third kappa shape index (κ3) is 4.69. The summed E-state index contributed by atoms with van der Waals surface area (Å²) in [5, 5.41) is 0. The molecule has 0 aliphatic heterocycles. The molecule has 0 atom stereocenters. The first-order valence-corrected chi connectivity index (χ1v) is 9.04. The highest BCUT2D eigenvalue weighted by Crippen LogP contribution is 2.23. The monoisotopic (exact) mass is 331 g/mol. The number of hydrogen-bond donors (Lipinski definition) is 0. The van der Waals surface area contributed by atoms with Gasteiger partial charge in [0.2, 0.25) is 0 Å². The van der Waals surface area contributed by atoms with E-state index in [0.29, 0.717) is 6.61 Å². The molecule has 1 heterocycles. The zero-order chi connectivity index (χ0) is 17.5. The summed E-state index contributed by atoms with van der Waals surface area (Å²) in [7, 11) is 0. The van der Waals surface area contributed by atoms with Crippen LogP contribution in [0, 0.1) is 0 Å². The molecule has 25 heavy (non-hydrogen) atoms. The van der Waals surface area contributed by atoms with Gasteiger partial charge in [-0.15, -0.1) is 0 Å². The van der Waals surface area contributed by atoms with Crippen LogP contribution in [0.3, 0.4) is 0 Å². The van der Waals surface area contributed by atoms with E-state index in [4.69, 9.17) is 4.74 Å². The molecule has 2 aromatic carbocycles. The average molecular weight is 331 g/mol. The van der Waals surface area contributed by atoms with Gasteiger partial charge in [0, 0.05) is 11.9 Å². The Kier molecular flexibility index (Phi) is 5.84. The molecule has 0 radical (unpaired) electrons. The smallest absolute Gasteiger partial charge is 0.119 e. The summed E-state index contributed by atoms with van der Waals surface area (Å²) < 4.78 is 5.50. The van der Waals surface area contributed by atoms with Crippen LogP contribution in [-0.4, -0.2) is 11.6 Å². The average Bonchev–Trinajstić information content (AvgIpc) is 2.68. The van der Waals surface area contributed by atoms with Crippen molar-refractivity contribution in [3.63, 3.8) is 0 Å². The quantitative estimate of drug-likeness (QED) is 0.571. The SMILES string of the molecule is CCOc1ccc(-c2ccc(CCc3ccc(CC)cn3)cc2)cc1. The van der Waals surface area contributed by atoms with Gasteiger partial charge in [-0.2, -0.15) is 0 Å². The van der Waals surface area contributed by atoms with Crippen LogP contribution in [0.4, 0.5) is 0 Å². The fourth-order valence-electron chi connectivity index (χ4n) is 2.86. The predicted octanol–water partition coefficient (Wildman–Crippen LogP) is 5.49. The summed E-state index contributed by atoms with van der Waals surface area (Å²) in [6, 6.07) is 21.4. The van der Waals surface area contributed by atoms with Crippen molar-refractivity contribution in [2.75, 3.05) is 6.61 Å². The Labute approximate surface area is 150 Å². The van der Waals surface area contributed by atoms with Crippen molar-refractivity contribution in [1.29, 1.82) is 0 Å². The number of ether oxygens (including phenoxy) is 1. The number of nitrogens with zero attached hydrogens (tertiary/aromatic N) is 1. The Morgan fingerprint density at radius 1 is 0.720 bits per heavy atom. The van der Waals surface area contributed by atoms with E-state index < -0.39 is 0 Å². The van der Waals surface area contributed by atoms with Gasteiger partial charge in [0.1, 0.15) is 5.75 Å². The van der Waals surface area contributed by atoms with Crippen molar-refractivity contribution in [2.45, 2.75) is 33.1 Å². The van der Waals surface area contributed by atoms with Crippen LogP contribution in [0.5, 0.6) is 5.75 Å². The van der Waals surface area contributed by atoms with Crippen LogP contribution in [-0.2, 0) is 19.3 Å². The summed E-state index contributed by atoms with van der Waals surface area (Å²) in [6.45, 7) is 4.85. The molecule has 0 unspecified atom stereocenters. The first-order chi connectivity index (χ1) is 12.3. The summed E-state index contributed by atoms with van der Waals surface area (Å²) >= 11 is 0. The van der Waals surface area contributed by atoms with Gasteiger partial charge < -0.3 is 4.74 Å². The van der Waals surface area contributed by atoms with Gasteiger partial charge in [-0.3, -0.25) is 4.98 Å². The molecule has 0 bridgehead atoms. The number of pyridine rings is 1. The normalized spacial score (nSPS) is 10.6. The van der Waals surface area contributed by atoms with Gasteiger partial charge in [0.25, 0.3) is 0 Å². The Morgan fingerprint density at radius 3 is 1.92 bits per heavy atom. The van der Waals surface area contributed by atoms with Crippen LogP contribution < -0.4 is 4.74 Å². The highest BCUT2D eigenvalue weighted by molar-refractivity contribution is 5.64. The summed E-state index contributed by atoms with van der Waals surface area (Å²) in [4.78, 5) is 4.54. The first-order valence-electron chi connectivity index (χ1n) is 9.04. The Bertz CT molecular complexity index is 774. The van der Waals surface area contributed by atoms with E-state index in [1.165, 1.54) is 22.3 Å². The van der Waals surface area contributed by atoms with E-state index in [1.54, 1.807) is 0 Å². The number of aromatic nitrogens is 1. The maximum atomic E-state index is 5.50. The Hall–Kier alpha value is -2.61. The lowest BCUT2D eigenvalue weighted by Gasteiger charge is -2.07. The molecule has 3 rings (SSSR count). The van der Waals surface area contributed by atoms with Crippen molar-refractivity contribution in [3.05, 3.63) is 83.7 Å². The van der Waals surface area contributed by atoms with Gasteiger partial charge in [0.05, 0.1) is 6.61 Å². The minimum Gasteiger partial charge on any atom is -0.494 e. The second-order valence-electron chi connectivity index (χ2n) is 6.17. The van der Waals surface area contributed by atoms with E-state index >= 15 is 0 Å². The van der Waals surface area contributed by atoms with Gasteiger partial charge in [-0.25, -0.2) is 0 Å². The second kappa shape index (κ2) is 8.48. The lowest BCUT2D eigenvalue weighted by molar-refractivity contribution is 0.340. The molecule has 0 aliphatic carbocycles. The molecule has 0 N–H and O–H groups in total. The number of hydrogen-bond acceptors (Lipinski definition) is 2. The van der Waals surface area contributed by atoms with Crippen molar-refractivity contribution in [1.82, 2.24) is 4.98 Å².